The topological polar surface area (TPSA) is 58.9 Å². The van der Waals surface area contributed by atoms with E-state index in [2.05, 4.69) is 23.2 Å². The highest BCUT2D eigenvalue weighted by atomic mass is 16.1. The third kappa shape index (κ3) is 2.73. The molecule has 1 aromatic heterocycles. The molecule has 2 aromatic carbocycles. The van der Waals surface area contributed by atoms with Crippen LogP contribution in [0.3, 0.4) is 0 Å². The van der Waals surface area contributed by atoms with Gasteiger partial charge in [0.05, 0.1) is 6.04 Å². The molecule has 0 spiro atoms. The molecule has 0 amide bonds. The molecular weight excluding hydrogens is 260 g/mol. The van der Waals surface area contributed by atoms with Crippen LogP contribution in [0.4, 0.5) is 0 Å². The molecule has 0 aliphatic rings. The van der Waals surface area contributed by atoms with Crippen molar-refractivity contribution in [1.29, 1.82) is 0 Å². The van der Waals surface area contributed by atoms with Crippen molar-refractivity contribution in [3.05, 3.63) is 71.9 Å². The summed E-state index contributed by atoms with van der Waals surface area (Å²) in [6, 6.07) is 17.7. The summed E-state index contributed by atoms with van der Waals surface area (Å²) in [5.41, 5.74) is 9.43. The second-order valence-electron chi connectivity index (χ2n) is 5.30. The van der Waals surface area contributed by atoms with Gasteiger partial charge in [-0.05, 0) is 23.6 Å². The molecule has 3 rings (SSSR count). The number of carbonyl (C=O) groups is 1. The van der Waals surface area contributed by atoms with E-state index in [4.69, 9.17) is 5.73 Å². The molecule has 3 N–H and O–H groups in total. The minimum absolute atomic E-state index is 0.0268. The number of benzene rings is 2. The first kappa shape index (κ1) is 13.6. The second kappa shape index (κ2) is 5.94. The monoisotopic (exact) mass is 278 g/mol. The molecule has 106 valence electrons. The average molecular weight is 278 g/mol. The fraction of sp³-hybridized carbons (Fsp3) is 0.167. The molecule has 3 heteroatoms. The van der Waals surface area contributed by atoms with Gasteiger partial charge in [-0.25, -0.2) is 0 Å². The van der Waals surface area contributed by atoms with Gasteiger partial charge in [-0.15, -0.1) is 0 Å². The van der Waals surface area contributed by atoms with Crippen molar-refractivity contribution >= 4 is 17.2 Å². The maximum absolute atomic E-state index is 11.2. The lowest BCUT2D eigenvalue weighted by Gasteiger charge is -2.19. The summed E-state index contributed by atoms with van der Waals surface area (Å²) in [4.78, 5) is 14.5. The van der Waals surface area contributed by atoms with Crippen LogP contribution in [0.2, 0.25) is 0 Å². The second-order valence-corrected chi connectivity index (χ2v) is 5.30. The van der Waals surface area contributed by atoms with Gasteiger partial charge in [0.1, 0.15) is 6.29 Å². The van der Waals surface area contributed by atoms with Crippen LogP contribution < -0.4 is 5.73 Å². The minimum Gasteiger partial charge on any atom is -0.361 e. The highest BCUT2D eigenvalue weighted by Gasteiger charge is 2.22. The SMILES string of the molecule is NC(C=O)C(Cc1ccccc1)c1c[nH]c2ccccc12. The molecule has 1 heterocycles. The van der Waals surface area contributed by atoms with Gasteiger partial charge in [0.15, 0.2) is 0 Å². The summed E-state index contributed by atoms with van der Waals surface area (Å²) in [6.07, 6.45) is 3.57. The number of aromatic nitrogens is 1. The van der Waals surface area contributed by atoms with E-state index in [1.54, 1.807) is 0 Å². The zero-order valence-corrected chi connectivity index (χ0v) is 11.7. The molecule has 2 atom stereocenters. The summed E-state index contributed by atoms with van der Waals surface area (Å²) in [5.74, 6) is -0.0268. The Bertz CT molecular complexity index is 733. The van der Waals surface area contributed by atoms with E-state index in [0.29, 0.717) is 0 Å². The lowest BCUT2D eigenvalue weighted by molar-refractivity contribution is -0.109. The van der Waals surface area contributed by atoms with Gasteiger partial charge >= 0.3 is 0 Å². The van der Waals surface area contributed by atoms with Gasteiger partial charge in [0, 0.05) is 23.0 Å². The first-order chi connectivity index (χ1) is 10.3. The molecule has 21 heavy (non-hydrogen) atoms. The van der Waals surface area contributed by atoms with Crippen LogP contribution in [0.25, 0.3) is 10.9 Å². The third-order valence-corrected chi connectivity index (χ3v) is 3.94. The number of aldehydes is 1. The van der Waals surface area contributed by atoms with E-state index in [1.807, 2.05) is 42.6 Å². The maximum Gasteiger partial charge on any atom is 0.137 e. The number of rotatable bonds is 5. The molecule has 2 unspecified atom stereocenters. The quantitative estimate of drug-likeness (QED) is 0.705. The van der Waals surface area contributed by atoms with Crippen molar-refractivity contribution in [2.75, 3.05) is 0 Å². The Morgan fingerprint density at radius 2 is 1.76 bits per heavy atom. The Hall–Kier alpha value is -2.39. The minimum atomic E-state index is -0.510. The van der Waals surface area contributed by atoms with Crippen molar-refractivity contribution in [3.8, 4) is 0 Å². The molecule has 0 bridgehead atoms. The Morgan fingerprint density at radius 3 is 2.52 bits per heavy atom. The molecule has 0 radical (unpaired) electrons. The molecule has 3 nitrogen and oxygen atoms in total. The van der Waals surface area contributed by atoms with Crippen LogP contribution >= 0.6 is 0 Å². The smallest absolute Gasteiger partial charge is 0.137 e. The van der Waals surface area contributed by atoms with E-state index >= 15 is 0 Å². The predicted molar refractivity (Wildman–Crippen MR) is 85.2 cm³/mol. The summed E-state index contributed by atoms with van der Waals surface area (Å²) in [7, 11) is 0. The summed E-state index contributed by atoms with van der Waals surface area (Å²) in [6.45, 7) is 0. The largest absolute Gasteiger partial charge is 0.361 e. The number of nitrogens with two attached hydrogens (primary N) is 1. The van der Waals surface area contributed by atoms with Crippen molar-refractivity contribution < 1.29 is 4.79 Å². The van der Waals surface area contributed by atoms with Gasteiger partial charge in [-0.2, -0.15) is 0 Å². The predicted octanol–water partition coefficient (Wildman–Crippen LogP) is 3.02. The van der Waals surface area contributed by atoms with Crippen molar-refractivity contribution in [2.45, 2.75) is 18.4 Å². The van der Waals surface area contributed by atoms with E-state index < -0.39 is 6.04 Å². The van der Waals surface area contributed by atoms with Gasteiger partial charge in [0.2, 0.25) is 0 Å². The van der Waals surface area contributed by atoms with Crippen LogP contribution in [0.15, 0.2) is 60.8 Å². The van der Waals surface area contributed by atoms with E-state index in [-0.39, 0.29) is 5.92 Å². The lowest BCUT2D eigenvalue weighted by Crippen LogP contribution is -2.31. The Balaban J connectivity index is 2.01. The molecule has 0 aliphatic carbocycles. The van der Waals surface area contributed by atoms with Crippen LogP contribution in [0, 0.1) is 0 Å². The van der Waals surface area contributed by atoms with Crippen LogP contribution in [-0.4, -0.2) is 17.3 Å². The van der Waals surface area contributed by atoms with Gasteiger partial charge < -0.3 is 15.5 Å². The maximum atomic E-state index is 11.2. The van der Waals surface area contributed by atoms with Crippen LogP contribution in [0.5, 0.6) is 0 Å². The van der Waals surface area contributed by atoms with E-state index in [9.17, 15) is 4.79 Å². The molecule has 0 aliphatic heterocycles. The fourth-order valence-electron chi connectivity index (χ4n) is 2.82. The summed E-state index contributed by atoms with van der Waals surface area (Å²) >= 11 is 0. The number of aromatic amines is 1. The highest BCUT2D eigenvalue weighted by Crippen LogP contribution is 2.29. The highest BCUT2D eigenvalue weighted by molar-refractivity contribution is 5.84. The van der Waals surface area contributed by atoms with Crippen molar-refractivity contribution in [3.63, 3.8) is 0 Å². The Morgan fingerprint density at radius 1 is 1.05 bits per heavy atom. The number of para-hydroxylation sites is 1. The normalized spacial score (nSPS) is 14.0. The first-order valence-corrected chi connectivity index (χ1v) is 7.10. The summed E-state index contributed by atoms with van der Waals surface area (Å²) in [5, 5.41) is 1.13. The summed E-state index contributed by atoms with van der Waals surface area (Å²) < 4.78 is 0. The molecular formula is C18H18N2O. The molecule has 0 fully saturated rings. The van der Waals surface area contributed by atoms with Gasteiger partial charge in [-0.1, -0.05) is 48.5 Å². The Kier molecular flexibility index (Phi) is 3.84. The number of nitrogens with one attached hydrogen (secondary N) is 1. The number of hydrogen-bond acceptors (Lipinski definition) is 2. The third-order valence-electron chi connectivity index (χ3n) is 3.94. The van der Waals surface area contributed by atoms with Crippen LogP contribution in [0.1, 0.15) is 17.0 Å². The zero-order chi connectivity index (χ0) is 14.7. The zero-order valence-electron chi connectivity index (χ0n) is 11.7. The molecule has 3 aromatic rings. The number of hydrogen-bond donors (Lipinski definition) is 2. The lowest BCUT2D eigenvalue weighted by atomic mass is 9.86. The number of H-pyrrole nitrogens is 1. The molecule has 0 saturated heterocycles. The first-order valence-electron chi connectivity index (χ1n) is 7.10. The van der Waals surface area contributed by atoms with Crippen LogP contribution in [-0.2, 0) is 11.2 Å². The van der Waals surface area contributed by atoms with Gasteiger partial charge in [-0.3, -0.25) is 0 Å². The Labute approximate surface area is 123 Å². The van der Waals surface area contributed by atoms with Gasteiger partial charge in [0.25, 0.3) is 0 Å². The van der Waals surface area contributed by atoms with Crippen molar-refractivity contribution in [1.82, 2.24) is 4.98 Å². The number of fused-ring (bicyclic) bond motifs is 1. The standard InChI is InChI=1S/C18H18N2O/c19-17(12-21)15(10-13-6-2-1-3-7-13)16-11-20-18-9-5-4-8-14(16)18/h1-9,11-12,15,17,20H,10,19H2. The number of carbonyl (C=O) groups excluding carboxylic acids is 1. The molecule has 0 saturated carbocycles. The van der Waals surface area contributed by atoms with E-state index in [0.717, 1.165) is 29.2 Å². The fourth-order valence-corrected chi connectivity index (χ4v) is 2.82. The average Bonchev–Trinajstić information content (AvgIpc) is 2.97. The van der Waals surface area contributed by atoms with Crippen molar-refractivity contribution in [2.24, 2.45) is 5.73 Å². The van der Waals surface area contributed by atoms with E-state index in [1.165, 1.54) is 5.56 Å².